The van der Waals surface area contributed by atoms with E-state index >= 15 is 0 Å². The lowest BCUT2D eigenvalue weighted by molar-refractivity contribution is 0.240. The third-order valence-electron chi connectivity index (χ3n) is 3.92. The molecule has 7 nitrogen and oxygen atoms in total. The van der Waals surface area contributed by atoms with E-state index in [0.29, 0.717) is 11.3 Å². The Morgan fingerprint density at radius 3 is 3.00 bits per heavy atom. The molecule has 22 heavy (non-hydrogen) atoms. The minimum absolute atomic E-state index is 0.251. The van der Waals surface area contributed by atoms with E-state index in [1.165, 1.54) is 0 Å². The van der Waals surface area contributed by atoms with E-state index in [1.807, 2.05) is 24.3 Å². The normalized spacial score (nSPS) is 15.4. The van der Waals surface area contributed by atoms with Crippen LogP contribution in [0.25, 0.3) is 16.9 Å². The summed E-state index contributed by atoms with van der Waals surface area (Å²) in [6, 6.07) is 7.05. The number of nitrogens with one attached hydrogen (secondary N) is 3. The molecule has 7 heteroatoms. The number of aromatic amines is 1. The Bertz CT molecular complexity index is 956. The van der Waals surface area contributed by atoms with Gasteiger partial charge in [-0.2, -0.15) is 0 Å². The highest BCUT2D eigenvalue weighted by Gasteiger charge is 2.33. The second-order valence-electron chi connectivity index (χ2n) is 5.08. The fraction of sp³-hybridized carbons (Fsp3) is 0.133. The van der Waals surface area contributed by atoms with E-state index in [0.717, 1.165) is 16.8 Å². The van der Waals surface area contributed by atoms with Gasteiger partial charge in [-0.25, -0.2) is 9.78 Å². The average molecular weight is 295 g/mol. The van der Waals surface area contributed by atoms with Crippen LogP contribution in [0.3, 0.4) is 0 Å². The zero-order valence-corrected chi connectivity index (χ0v) is 11.8. The van der Waals surface area contributed by atoms with Crippen LogP contribution in [0.1, 0.15) is 17.3 Å². The van der Waals surface area contributed by atoms with Gasteiger partial charge in [0.2, 0.25) is 5.65 Å². The second-order valence-corrected chi connectivity index (χ2v) is 5.08. The predicted molar refractivity (Wildman–Crippen MR) is 80.7 cm³/mol. The van der Waals surface area contributed by atoms with Crippen molar-refractivity contribution in [3.8, 4) is 11.3 Å². The molecule has 3 N–H and O–H groups in total. The van der Waals surface area contributed by atoms with Crippen molar-refractivity contribution in [3.63, 3.8) is 0 Å². The highest BCUT2D eigenvalue weighted by molar-refractivity contribution is 5.80. The Morgan fingerprint density at radius 2 is 2.18 bits per heavy atom. The molecule has 0 saturated carbocycles. The molecule has 1 atom stereocenters. The molecule has 0 saturated heterocycles. The van der Waals surface area contributed by atoms with Gasteiger partial charge in [0.15, 0.2) is 0 Å². The smallest absolute Gasteiger partial charge is 0.315 e. The molecule has 3 aromatic rings. The number of aromatic nitrogens is 3. The van der Waals surface area contributed by atoms with Crippen molar-refractivity contribution < 1.29 is 4.79 Å². The SMILES string of the molecule is CNC(=O)NC1c2ccccc2-c2[nH]c(=O)c3nccn3c21. The molecule has 2 heterocycles. The summed E-state index contributed by atoms with van der Waals surface area (Å²) in [5.41, 5.74) is 3.43. The standard InChI is InChI=1S/C15H13N5O2/c1-16-15(22)19-11-9-5-3-2-4-8(9)10-12(11)20-7-6-17-13(20)14(21)18-10/h2-7,11H,1H3,(H,18,21)(H2,16,19,22). The topological polar surface area (TPSA) is 91.3 Å². The number of nitrogens with zero attached hydrogens (tertiary/aromatic N) is 2. The summed E-state index contributed by atoms with van der Waals surface area (Å²) in [7, 11) is 1.57. The number of carbonyl (C=O) groups excluding carboxylic acids is 1. The zero-order valence-electron chi connectivity index (χ0n) is 11.8. The molecule has 1 aliphatic rings. The maximum atomic E-state index is 12.2. The van der Waals surface area contributed by atoms with Crippen LogP contribution >= 0.6 is 0 Å². The largest absolute Gasteiger partial charge is 0.341 e. The molecule has 1 aromatic carbocycles. The van der Waals surface area contributed by atoms with Crippen molar-refractivity contribution in [3.05, 3.63) is 58.3 Å². The van der Waals surface area contributed by atoms with Gasteiger partial charge in [0.1, 0.15) is 0 Å². The number of urea groups is 1. The lowest BCUT2D eigenvalue weighted by Gasteiger charge is -2.16. The Balaban J connectivity index is 2.04. The number of hydrogen-bond acceptors (Lipinski definition) is 3. The molecular formula is C15H13N5O2. The monoisotopic (exact) mass is 295 g/mol. The molecule has 1 unspecified atom stereocenters. The molecule has 110 valence electrons. The summed E-state index contributed by atoms with van der Waals surface area (Å²) in [4.78, 5) is 30.9. The lowest BCUT2D eigenvalue weighted by atomic mass is 10.1. The van der Waals surface area contributed by atoms with Crippen molar-refractivity contribution in [2.45, 2.75) is 6.04 Å². The fourth-order valence-electron chi connectivity index (χ4n) is 2.98. The summed E-state index contributed by atoms with van der Waals surface area (Å²) in [6.07, 6.45) is 3.30. The molecule has 4 rings (SSSR count). The van der Waals surface area contributed by atoms with Crippen LogP contribution in [0.5, 0.6) is 0 Å². The minimum atomic E-state index is -0.348. The molecule has 0 fully saturated rings. The summed E-state index contributed by atoms with van der Waals surface area (Å²) < 4.78 is 1.73. The number of benzene rings is 1. The number of amides is 2. The van der Waals surface area contributed by atoms with E-state index in [4.69, 9.17) is 0 Å². The van der Waals surface area contributed by atoms with Gasteiger partial charge >= 0.3 is 6.03 Å². The van der Waals surface area contributed by atoms with Gasteiger partial charge < -0.3 is 15.6 Å². The highest BCUT2D eigenvalue weighted by Crippen LogP contribution is 2.41. The number of rotatable bonds is 1. The van der Waals surface area contributed by atoms with Crippen LogP contribution in [0.15, 0.2) is 41.5 Å². The fourth-order valence-corrected chi connectivity index (χ4v) is 2.98. The minimum Gasteiger partial charge on any atom is -0.341 e. The third-order valence-corrected chi connectivity index (χ3v) is 3.92. The van der Waals surface area contributed by atoms with Crippen LogP contribution in [-0.4, -0.2) is 27.4 Å². The number of fused-ring (bicyclic) bond motifs is 5. The van der Waals surface area contributed by atoms with Crippen LogP contribution in [0, 0.1) is 0 Å². The molecule has 2 aromatic heterocycles. The first-order valence-electron chi connectivity index (χ1n) is 6.87. The predicted octanol–water partition coefficient (Wildman–Crippen LogP) is 1.02. The Kier molecular flexibility index (Phi) is 2.56. The molecule has 0 bridgehead atoms. The summed E-state index contributed by atoms with van der Waals surface area (Å²) in [6.45, 7) is 0. The summed E-state index contributed by atoms with van der Waals surface area (Å²) in [5, 5.41) is 5.48. The van der Waals surface area contributed by atoms with E-state index in [-0.39, 0.29) is 17.6 Å². The van der Waals surface area contributed by atoms with Crippen molar-refractivity contribution in [1.82, 2.24) is 25.0 Å². The first-order valence-corrected chi connectivity index (χ1v) is 6.87. The van der Waals surface area contributed by atoms with Gasteiger partial charge in [0, 0.05) is 25.0 Å². The van der Waals surface area contributed by atoms with E-state index in [2.05, 4.69) is 20.6 Å². The molecule has 0 spiro atoms. The van der Waals surface area contributed by atoms with Crippen LogP contribution in [0.4, 0.5) is 4.79 Å². The Morgan fingerprint density at radius 1 is 1.36 bits per heavy atom. The maximum absolute atomic E-state index is 12.2. The molecule has 1 aliphatic carbocycles. The average Bonchev–Trinajstić information content (AvgIpc) is 3.12. The van der Waals surface area contributed by atoms with Gasteiger partial charge in [-0.3, -0.25) is 9.20 Å². The number of imidazole rings is 1. The van der Waals surface area contributed by atoms with Gasteiger partial charge in [-0.1, -0.05) is 24.3 Å². The summed E-state index contributed by atoms with van der Waals surface area (Å²) >= 11 is 0. The highest BCUT2D eigenvalue weighted by atomic mass is 16.2. The quantitative estimate of drug-likeness (QED) is 0.626. The van der Waals surface area contributed by atoms with Crippen molar-refractivity contribution in [2.75, 3.05) is 7.05 Å². The second kappa shape index (κ2) is 4.45. The van der Waals surface area contributed by atoms with Gasteiger partial charge in [0.25, 0.3) is 5.56 Å². The van der Waals surface area contributed by atoms with Crippen molar-refractivity contribution in [2.24, 2.45) is 0 Å². The number of H-pyrrole nitrogens is 1. The van der Waals surface area contributed by atoms with E-state index in [1.54, 1.807) is 23.8 Å². The van der Waals surface area contributed by atoms with Gasteiger partial charge in [-0.05, 0) is 5.56 Å². The number of carbonyl (C=O) groups is 1. The zero-order chi connectivity index (χ0) is 15.3. The third kappa shape index (κ3) is 1.59. The first kappa shape index (κ1) is 12.6. The molecule has 2 amide bonds. The van der Waals surface area contributed by atoms with E-state index in [9.17, 15) is 9.59 Å². The van der Waals surface area contributed by atoms with Gasteiger partial charge in [-0.15, -0.1) is 0 Å². The van der Waals surface area contributed by atoms with Gasteiger partial charge in [0.05, 0.1) is 17.4 Å². The van der Waals surface area contributed by atoms with Crippen LogP contribution in [0.2, 0.25) is 0 Å². The lowest BCUT2D eigenvalue weighted by Crippen LogP contribution is -2.36. The maximum Gasteiger partial charge on any atom is 0.315 e. The van der Waals surface area contributed by atoms with Crippen molar-refractivity contribution in [1.29, 1.82) is 0 Å². The number of hydrogen-bond donors (Lipinski definition) is 3. The van der Waals surface area contributed by atoms with Crippen molar-refractivity contribution >= 4 is 11.7 Å². The first-order chi connectivity index (χ1) is 10.7. The van der Waals surface area contributed by atoms with Crippen LogP contribution in [-0.2, 0) is 0 Å². The van der Waals surface area contributed by atoms with E-state index < -0.39 is 0 Å². The molecular weight excluding hydrogens is 282 g/mol. The molecule has 0 radical (unpaired) electrons. The summed E-state index contributed by atoms with van der Waals surface area (Å²) in [5.74, 6) is 0. The molecule has 0 aliphatic heterocycles. The Hall–Kier alpha value is -3.09. The van der Waals surface area contributed by atoms with Crippen LogP contribution < -0.4 is 16.2 Å². The Labute approximate surface area is 125 Å².